The van der Waals surface area contributed by atoms with Gasteiger partial charge >= 0.3 is 0 Å². The summed E-state index contributed by atoms with van der Waals surface area (Å²) in [5.74, 6) is 4.54. The van der Waals surface area contributed by atoms with Crippen molar-refractivity contribution in [1.82, 2.24) is 0 Å². The second-order valence-electron chi connectivity index (χ2n) is 4.07. The number of nitrogens with one attached hydrogen (secondary N) is 1. The highest BCUT2D eigenvalue weighted by molar-refractivity contribution is 7.10. The van der Waals surface area contributed by atoms with Gasteiger partial charge in [-0.1, -0.05) is 17.9 Å². The number of amides is 1. The molecule has 20 heavy (non-hydrogen) atoms. The van der Waals surface area contributed by atoms with Crippen molar-refractivity contribution in [2.45, 2.75) is 6.92 Å². The van der Waals surface area contributed by atoms with E-state index in [-0.39, 0.29) is 12.5 Å². The van der Waals surface area contributed by atoms with Gasteiger partial charge in [0.2, 0.25) is 0 Å². The maximum absolute atomic E-state index is 13.2. The summed E-state index contributed by atoms with van der Waals surface area (Å²) in [5.41, 5.74) is 1.69. The number of thiophene rings is 1. The SMILES string of the molecule is Cc1ccc(F)cc1NC(=O)c1csc(C#CCO)c1. The van der Waals surface area contributed by atoms with Gasteiger partial charge < -0.3 is 10.4 Å². The molecular formula is C15H12FNO2S. The first-order chi connectivity index (χ1) is 9.60. The van der Waals surface area contributed by atoms with Crippen molar-refractivity contribution in [2.24, 2.45) is 0 Å². The summed E-state index contributed by atoms with van der Waals surface area (Å²) in [5, 5.41) is 13.0. The Hall–Kier alpha value is -2.16. The van der Waals surface area contributed by atoms with Crippen LogP contribution < -0.4 is 5.32 Å². The molecule has 0 radical (unpaired) electrons. The topological polar surface area (TPSA) is 49.3 Å². The average Bonchev–Trinajstić information content (AvgIpc) is 2.89. The minimum absolute atomic E-state index is 0.220. The van der Waals surface area contributed by atoms with Crippen molar-refractivity contribution in [3.8, 4) is 11.8 Å². The Morgan fingerprint density at radius 2 is 2.25 bits per heavy atom. The fraction of sp³-hybridized carbons (Fsp3) is 0.133. The molecule has 1 aromatic carbocycles. The maximum Gasteiger partial charge on any atom is 0.256 e. The van der Waals surface area contributed by atoms with Crippen LogP contribution >= 0.6 is 11.3 Å². The van der Waals surface area contributed by atoms with Crippen LogP contribution in [0.2, 0.25) is 0 Å². The molecule has 0 atom stereocenters. The van der Waals surface area contributed by atoms with E-state index in [2.05, 4.69) is 17.2 Å². The Morgan fingerprint density at radius 1 is 1.45 bits per heavy atom. The first-order valence-electron chi connectivity index (χ1n) is 5.86. The van der Waals surface area contributed by atoms with E-state index in [0.717, 1.165) is 5.56 Å². The molecule has 1 amide bonds. The third kappa shape index (κ3) is 3.44. The standard InChI is InChI=1S/C15H12FNO2S/c1-10-4-5-12(16)8-14(10)17-15(19)11-7-13(20-9-11)3-2-6-18/h4-5,7-9,18H,6H2,1H3,(H,17,19). The van der Waals surface area contributed by atoms with Gasteiger partial charge in [-0.05, 0) is 30.7 Å². The molecule has 102 valence electrons. The molecule has 5 heteroatoms. The Labute approximate surface area is 120 Å². The van der Waals surface area contributed by atoms with Crippen molar-refractivity contribution in [3.63, 3.8) is 0 Å². The number of aryl methyl sites for hydroxylation is 1. The van der Waals surface area contributed by atoms with Gasteiger partial charge in [-0.3, -0.25) is 4.79 Å². The molecule has 2 aromatic rings. The Balaban J connectivity index is 2.15. The van der Waals surface area contributed by atoms with Gasteiger partial charge in [-0.15, -0.1) is 11.3 Å². The van der Waals surface area contributed by atoms with Crippen molar-refractivity contribution in [1.29, 1.82) is 0 Å². The molecule has 0 saturated carbocycles. The second-order valence-corrected chi connectivity index (χ2v) is 4.98. The minimum atomic E-state index is -0.397. The summed E-state index contributed by atoms with van der Waals surface area (Å²) in [7, 11) is 0. The van der Waals surface area contributed by atoms with E-state index < -0.39 is 5.82 Å². The van der Waals surface area contributed by atoms with Crippen molar-refractivity contribution in [2.75, 3.05) is 11.9 Å². The maximum atomic E-state index is 13.2. The number of hydrogen-bond acceptors (Lipinski definition) is 3. The van der Waals surface area contributed by atoms with Crippen LogP contribution in [0.25, 0.3) is 0 Å². The van der Waals surface area contributed by atoms with E-state index in [1.807, 2.05) is 0 Å². The van der Waals surface area contributed by atoms with Gasteiger partial charge in [0.15, 0.2) is 0 Å². The first-order valence-corrected chi connectivity index (χ1v) is 6.74. The molecule has 1 aromatic heterocycles. The Morgan fingerprint density at radius 3 is 3.00 bits per heavy atom. The fourth-order valence-electron chi connectivity index (χ4n) is 1.57. The molecule has 3 nitrogen and oxygen atoms in total. The minimum Gasteiger partial charge on any atom is -0.384 e. The molecule has 0 aliphatic rings. The number of anilines is 1. The summed E-state index contributed by atoms with van der Waals surface area (Å²) in [6.45, 7) is 1.57. The predicted molar refractivity (Wildman–Crippen MR) is 77.4 cm³/mol. The summed E-state index contributed by atoms with van der Waals surface area (Å²) in [4.78, 5) is 12.7. The number of carbonyl (C=O) groups excluding carboxylic acids is 1. The van der Waals surface area contributed by atoms with Gasteiger partial charge in [0.1, 0.15) is 12.4 Å². The lowest BCUT2D eigenvalue weighted by Crippen LogP contribution is -2.12. The lowest BCUT2D eigenvalue weighted by molar-refractivity contribution is 0.102. The highest BCUT2D eigenvalue weighted by atomic mass is 32.1. The van der Waals surface area contributed by atoms with Crippen LogP contribution in [0.3, 0.4) is 0 Å². The molecule has 2 rings (SSSR count). The molecule has 0 saturated heterocycles. The van der Waals surface area contributed by atoms with E-state index >= 15 is 0 Å². The number of aliphatic hydroxyl groups excluding tert-OH is 1. The lowest BCUT2D eigenvalue weighted by atomic mass is 10.2. The van der Waals surface area contributed by atoms with Crippen LogP contribution in [0.1, 0.15) is 20.8 Å². The number of benzene rings is 1. The summed E-state index contributed by atoms with van der Waals surface area (Å²) >= 11 is 1.32. The number of aliphatic hydroxyl groups is 1. The zero-order valence-electron chi connectivity index (χ0n) is 10.7. The van der Waals surface area contributed by atoms with Crippen LogP contribution in [0.5, 0.6) is 0 Å². The number of halogens is 1. The normalized spacial score (nSPS) is 9.75. The van der Waals surface area contributed by atoms with Crippen LogP contribution in [0, 0.1) is 24.6 Å². The molecule has 2 N–H and O–H groups in total. The summed E-state index contributed by atoms with van der Waals surface area (Å²) in [6, 6.07) is 5.87. The van der Waals surface area contributed by atoms with Crippen molar-refractivity contribution in [3.05, 3.63) is 51.5 Å². The average molecular weight is 289 g/mol. The van der Waals surface area contributed by atoms with E-state index in [1.54, 1.807) is 24.4 Å². The third-order valence-corrected chi connectivity index (χ3v) is 3.45. The fourth-order valence-corrected chi connectivity index (χ4v) is 2.33. The predicted octanol–water partition coefficient (Wildman–Crippen LogP) is 2.79. The number of carbonyl (C=O) groups is 1. The largest absolute Gasteiger partial charge is 0.384 e. The van der Waals surface area contributed by atoms with Crippen molar-refractivity contribution >= 4 is 22.9 Å². The molecule has 1 heterocycles. The molecule has 0 fully saturated rings. The van der Waals surface area contributed by atoms with Gasteiger partial charge in [0, 0.05) is 11.1 Å². The van der Waals surface area contributed by atoms with Crippen LogP contribution in [0.4, 0.5) is 10.1 Å². The first kappa shape index (κ1) is 14.3. The van der Waals surface area contributed by atoms with Crippen molar-refractivity contribution < 1.29 is 14.3 Å². The lowest BCUT2D eigenvalue weighted by Gasteiger charge is -2.07. The number of hydrogen-bond donors (Lipinski definition) is 2. The number of rotatable bonds is 2. The zero-order chi connectivity index (χ0) is 14.5. The molecule has 0 aliphatic carbocycles. The van der Waals surface area contributed by atoms with Crippen LogP contribution in [-0.2, 0) is 0 Å². The second kappa shape index (κ2) is 6.33. The molecular weight excluding hydrogens is 277 g/mol. The molecule has 0 unspecified atom stereocenters. The van der Waals surface area contributed by atoms with Gasteiger partial charge in [-0.25, -0.2) is 4.39 Å². The van der Waals surface area contributed by atoms with Crippen LogP contribution in [-0.4, -0.2) is 17.6 Å². The van der Waals surface area contributed by atoms with Crippen LogP contribution in [0.15, 0.2) is 29.6 Å². The van der Waals surface area contributed by atoms with E-state index in [4.69, 9.17) is 5.11 Å². The Kier molecular flexibility index (Phi) is 4.51. The quantitative estimate of drug-likeness (QED) is 0.835. The van der Waals surface area contributed by atoms with Gasteiger partial charge in [0.05, 0.1) is 10.4 Å². The van der Waals surface area contributed by atoms with E-state index in [1.165, 1.54) is 23.5 Å². The van der Waals surface area contributed by atoms with Gasteiger partial charge in [0.25, 0.3) is 5.91 Å². The monoisotopic (exact) mass is 289 g/mol. The van der Waals surface area contributed by atoms with E-state index in [9.17, 15) is 9.18 Å². The smallest absolute Gasteiger partial charge is 0.256 e. The zero-order valence-corrected chi connectivity index (χ0v) is 11.6. The summed E-state index contributed by atoms with van der Waals surface area (Å²) < 4.78 is 13.2. The molecule has 0 spiro atoms. The molecule has 0 bridgehead atoms. The van der Waals surface area contributed by atoms with E-state index in [0.29, 0.717) is 16.1 Å². The highest BCUT2D eigenvalue weighted by Crippen LogP contribution is 2.19. The molecule has 0 aliphatic heterocycles. The Bertz CT molecular complexity index is 697. The highest BCUT2D eigenvalue weighted by Gasteiger charge is 2.10. The third-order valence-electron chi connectivity index (χ3n) is 2.60. The van der Waals surface area contributed by atoms with Gasteiger partial charge in [-0.2, -0.15) is 0 Å². The summed E-state index contributed by atoms with van der Waals surface area (Å²) in [6.07, 6.45) is 0.